The summed E-state index contributed by atoms with van der Waals surface area (Å²) in [6.07, 6.45) is 1.66. The van der Waals surface area contributed by atoms with E-state index in [0.717, 1.165) is 57.1 Å². The highest BCUT2D eigenvalue weighted by molar-refractivity contribution is 5.81. The lowest BCUT2D eigenvalue weighted by atomic mass is 10.2. The molecule has 120 valence electrons. The summed E-state index contributed by atoms with van der Waals surface area (Å²) >= 11 is 0. The third-order valence-electron chi connectivity index (χ3n) is 4.30. The van der Waals surface area contributed by atoms with Crippen molar-refractivity contribution in [3.05, 3.63) is 24.3 Å². The highest BCUT2D eigenvalue weighted by Crippen LogP contribution is 2.29. The molecular formula is C17H24N2O3. The van der Waals surface area contributed by atoms with Gasteiger partial charge in [-0.15, -0.1) is 0 Å². The number of nitrogens with zero attached hydrogens (tertiary/aromatic N) is 2. The zero-order valence-electron chi connectivity index (χ0n) is 13.2. The molecule has 0 saturated carbocycles. The summed E-state index contributed by atoms with van der Waals surface area (Å²) < 4.78 is 11.2. The second-order valence-corrected chi connectivity index (χ2v) is 5.71. The number of para-hydroxylation sites is 2. The molecule has 1 aromatic rings. The molecule has 5 heteroatoms. The molecule has 0 bridgehead atoms. The summed E-state index contributed by atoms with van der Waals surface area (Å²) in [5.74, 6) is 1.08. The first-order valence-electron chi connectivity index (χ1n) is 8.16. The lowest BCUT2D eigenvalue weighted by Gasteiger charge is -2.37. The average Bonchev–Trinajstić information content (AvgIpc) is 3.10. The maximum absolute atomic E-state index is 12.4. The standard InChI is InChI=1S/C17H24N2O3/c1-2-21-15-7-4-3-6-14(15)18-9-11-19(12-10-18)17(20)16-8-5-13-22-16/h3-4,6-7,16H,2,5,8-13H2,1H3. The molecule has 0 spiro atoms. The Labute approximate surface area is 131 Å². The van der Waals surface area contributed by atoms with E-state index >= 15 is 0 Å². The van der Waals surface area contributed by atoms with Gasteiger partial charge in [-0.1, -0.05) is 12.1 Å². The van der Waals surface area contributed by atoms with E-state index in [9.17, 15) is 4.79 Å². The summed E-state index contributed by atoms with van der Waals surface area (Å²) in [5, 5.41) is 0. The number of amides is 1. The Morgan fingerprint density at radius 2 is 2.05 bits per heavy atom. The van der Waals surface area contributed by atoms with E-state index in [1.165, 1.54) is 0 Å². The van der Waals surface area contributed by atoms with Crippen LogP contribution >= 0.6 is 0 Å². The van der Waals surface area contributed by atoms with Crippen LogP contribution in [-0.2, 0) is 9.53 Å². The Balaban J connectivity index is 1.60. The molecule has 0 radical (unpaired) electrons. The average molecular weight is 304 g/mol. The van der Waals surface area contributed by atoms with E-state index in [1.54, 1.807) is 0 Å². The van der Waals surface area contributed by atoms with Gasteiger partial charge in [0.1, 0.15) is 11.9 Å². The van der Waals surface area contributed by atoms with Crippen molar-refractivity contribution in [3.63, 3.8) is 0 Å². The van der Waals surface area contributed by atoms with Gasteiger partial charge in [0.2, 0.25) is 0 Å². The zero-order chi connectivity index (χ0) is 15.4. The summed E-state index contributed by atoms with van der Waals surface area (Å²) in [6.45, 7) is 6.55. The van der Waals surface area contributed by atoms with Crippen molar-refractivity contribution in [2.24, 2.45) is 0 Å². The summed E-state index contributed by atoms with van der Waals surface area (Å²) in [6, 6.07) is 8.11. The molecule has 0 aliphatic carbocycles. The van der Waals surface area contributed by atoms with E-state index < -0.39 is 0 Å². The maximum atomic E-state index is 12.4. The van der Waals surface area contributed by atoms with Gasteiger partial charge in [-0.25, -0.2) is 0 Å². The molecule has 3 rings (SSSR count). The predicted octanol–water partition coefficient (Wildman–Crippen LogP) is 1.91. The molecule has 22 heavy (non-hydrogen) atoms. The van der Waals surface area contributed by atoms with Crippen LogP contribution in [-0.4, -0.2) is 56.3 Å². The van der Waals surface area contributed by atoms with E-state index in [2.05, 4.69) is 11.0 Å². The van der Waals surface area contributed by atoms with Crippen LogP contribution in [0.25, 0.3) is 0 Å². The van der Waals surface area contributed by atoms with Crippen LogP contribution in [0.15, 0.2) is 24.3 Å². The molecular weight excluding hydrogens is 280 g/mol. The van der Waals surface area contributed by atoms with Gasteiger partial charge in [0, 0.05) is 32.8 Å². The Kier molecular flexibility index (Phi) is 4.83. The normalized spacial score (nSPS) is 22.0. The zero-order valence-corrected chi connectivity index (χ0v) is 13.2. The van der Waals surface area contributed by atoms with E-state index in [-0.39, 0.29) is 12.0 Å². The SMILES string of the molecule is CCOc1ccccc1N1CCN(C(=O)C2CCCO2)CC1. The Morgan fingerprint density at radius 1 is 1.27 bits per heavy atom. The number of hydrogen-bond donors (Lipinski definition) is 0. The van der Waals surface area contributed by atoms with Crippen LogP contribution in [0, 0.1) is 0 Å². The fourth-order valence-corrected chi connectivity index (χ4v) is 3.14. The molecule has 2 aliphatic heterocycles. The molecule has 1 amide bonds. The van der Waals surface area contributed by atoms with Crippen LogP contribution in [0.1, 0.15) is 19.8 Å². The van der Waals surface area contributed by atoms with Crippen LogP contribution in [0.4, 0.5) is 5.69 Å². The summed E-state index contributed by atoms with van der Waals surface area (Å²) in [5.41, 5.74) is 1.12. The quantitative estimate of drug-likeness (QED) is 0.852. The van der Waals surface area contributed by atoms with Crippen LogP contribution in [0.3, 0.4) is 0 Å². The maximum Gasteiger partial charge on any atom is 0.251 e. The Hall–Kier alpha value is -1.75. The van der Waals surface area contributed by atoms with Crippen LogP contribution in [0.2, 0.25) is 0 Å². The summed E-state index contributed by atoms with van der Waals surface area (Å²) in [7, 11) is 0. The van der Waals surface area contributed by atoms with Gasteiger partial charge in [-0.05, 0) is 31.9 Å². The molecule has 2 saturated heterocycles. The molecule has 1 aromatic carbocycles. The first-order chi connectivity index (χ1) is 10.8. The molecule has 2 heterocycles. The minimum absolute atomic E-state index is 0.162. The predicted molar refractivity (Wildman–Crippen MR) is 85.4 cm³/mol. The lowest BCUT2D eigenvalue weighted by Crippen LogP contribution is -2.51. The van der Waals surface area contributed by atoms with Crippen molar-refractivity contribution >= 4 is 11.6 Å². The van der Waals surface area contributed by atoms with E-state index in [0.29, 0.717) is 6.61 Å². The molecule has 2 aliphatic rings. The number of anilines is 1. The van der Waals surface area contributed by atoms with Crippen molar-refractivity contribution in [3.8, 4) is 5.75 Å². The van der Waals surface area contributed by atoms with Crippen molar-refractivity contribution in [2.75, 3.05) is 44.3 Å². The van der Waals surface area contributed by atoms with Gasteiger partial charge in [0.15, 0.2) is 0 Å². The van der Waals surface area contributed by atoms with E-state index in [4.69, 9.17) is 9.47 Å². The van der Waals surface area contributed by atoms with Crippen LogP contribution < -0.4 is 9.64 Å². The van der Waals surface area contributed by atoms with Gasteiger partial charge in [-0.2, -0.15) is 0 Å². The molecule has 2 fully saturated rings. The molecule has 1 atom stereocenters. The highest BCUT2D eigenvalue weighted by atomic mass is 16.5. The second kappa shape index (κ2) is 7.01. The van der Waals surface area contributed by atoms with Crippen molar-refractivity contribution in [1.29, 1.82) is 0 Å². The number of rotatable bonds is 4. The lowest BCUT2D eigenvalue weighted by molar-refractivity contribution is -0.141. The molecule has 0 N–H and O–H groups in total. The smallest absolute Gasteiger partial charge is 0.251 e. The van der Waals surface area contributed by atoms with Crippen LogP contribution in [0.5, 0.6) is 5.75 Å². The fourth-order valence-electron chi connectivity index (χ4n) is 3.14. The van der Waals surface area contributed by atoms with Gasteiger partial charge in [0.25, 0.3) is 5.91 Å². The molecule has 0 aromatic heterocycles. The Morgan fingerprint density at radius 3 is 2.73 bits per heavy atom. The monoisotopic (exact) mass is 304 g/mol. The van der Waals surface area contributed by atoms with Gasteiger partial charge in [0.05, 0.1) is 12.3 Å². The third-order valence-corrected chi connectivity index (χ3v) is 4.30. The van der Waals surface area contributed by atoms with Gasteiger partial charge >= 0.3 is 0 Å². The van der Waals surface area contributed by atoms with Crippen molar-refractivity contribution in [1.82, 2.24) is 4.90 Å². The van der Waals surface area contributed by atoms with E-state index in [1.807, 2.05) is 30.0 Å². The minimum atomic E-state index is -0.206. The molecule has 1 unspecified atom stereocenters. The second-order valence-electron chi connectivity index (χ2n) is 5.71. The number of hydrogen-bond acceptors (Lipinski definition) is 4. The van der Waals surface area contributed by atoms with Crippen molar-refractivity contribution < 1.29 is 14.3 Å². The Bertz CT molecular complexity index is 506. The first-order valence-corrected chi connectivity index (χ1v) is 8.16. The fraction of sp³-hybridized carbons (Fsp3) is 0.588. The minimum Gasteiger partial charge on any atom is -0.492 e. The van der Waals surface area contributed by atoms with Gasteiger partial charge in [-0.3, -0.25) is 4.79 Å². The number of carbonyl (C=O) groups excluding carboxylic acids is 1. The number of carbonyl (C=O) groups is 1. The molecule has 5 nitrogen and oxygen atoms in total. The van der Waals surface area contributed by atoms with Gasteiger partial charge < -0.3 is 19.3 Å². The first kappa shape index (κ1) is 15.2. The third kappa shape index (κ3) is 3.19. The summed E-state index contributed by atoms with van der Waals surface area (Å²) in [4.78, 5) is 16.6. The van der Waals surface area contributed by atoms with Crippen molar-refractivity contribution in [2.45, 2.75) is 25.9 Å². The number of benzene rings is 1. The largest absolute Gasteiger partial charge is 0.492 e. The topological polar surface area (TPSA) is 42.0 Å². The number of piperazine rings is 1. The highest BCUT2D eigenvalue weighted by Gasteiger charge is 2.30. The number of ether oxygens (including phenoxy) is 2.